The number of Topliss-reactive ketones (excluding diaryl/α,β-unsaturated/α-hetero) is 1. The minimum atomic E-state index is -0.376. The molecular formula is C36H39BrClN9O5. The van der Waals surface area contributed by atoms with Crippen molar-refractivity contribution in [3.05, 3.63) is 91.8 Å². The number of aromatic nitrogens is 4. The molecule has 2 atom stereocenters. The Balaban J connectivity index is 0.874. The summed E-state index contributed by atoms with van der Waals surface area (Å²) in [5, 5.41) is 10.0. The van der Waals surface area contributed by atoms with Crippen molar-refractivity contribution in [1.82, 2.24) is 40.0 Å². The lowest BCUT2D eigenvalue weighted by Gasteiger charge is -2.37. The number of halogens is 2. The predicted molar refractivity (Wildman–Crippen MR) is 198 cm³/mol. The number of hydrogen-bond donors (Lipinski definition) is 3. The standard InChI is InChI=1S/C36H39BrClN9O5/c37-27-18-29-26(17-28(27)38)35(50)47(20-42-29)19-25(48)16-30-31(6-3-7-39-30)52-21-45-10-12-46(13-11-45)36(51)44-33-32(40-8-9-41-33)34(49)43-24-14-22-4-1-2-5-23(22)15-24/h1-2,4-5,8-9,17-18,20,24,30-31,39H,3,6-7,10-16,19,21H2,(H,43,49)(H,41,44,51). The third kappa shape index (κ3) is 8.34. The average Bonchev–Trinajstić information content (AvgIpc) is 3.56. The maximum atomic E-state index is 13.2. The smallest absolute Gasteiger partial charge is 0.323 e. The van der Waals surface area contributed by atoms with Crippen LogP contribution in [0.3, 0.4) is 0 Å². The number of benzene rings is 2. The van der Waals surface area contributed by atoms with Crippen LogP contribution in [0.5, 0.6) is 0 Å². The molecule has 2 fully saturated rings. The largest absolute Gasteiger partial charge is 0.361 e. The molecule has 0 radical (unpaired) electrons. The van der Waals surface area contributed by atoms with Crippen molar-refractivity contribution in [2.45, 2.75) is 56.8 Å². The lowest BCUT2D eigenvalue weighted by Crippen LogP contribution is -2.52. The van der Waals surface area contributed by atoms with Crippen molar-refractivity contribution in [3.8, 4) is 0 Å². The SMILES string of the molecule is O=C(CC1NCCCC1OCN1CCN(C(=O)Nc2nccnc2C(=O)NC2Cc3ccccc3C2)CC1)Cn1cnc2cc(Br)c(Cl)cc2c1=O. The number of amides is 3. The van der Waals surface area contributed by atoms with Crippen LogP contribution in [0, 0.1) is 0 Å². The van der Waals surface area contributed by atoms with E-state index in [1.165, 1.54) is 34.4 Å². The number of piperazine rings is 1. The van der Waals surface area contributed by atoms with E-state index < -0.39 is 0 Å². The molecule has 2 unspecified atom stereocenters. The first-order valence-electron chi connectivity index (χ1n) is 17.4. The predicted octanol–water partition coefficient (Wildman–Crippen LogP) is 3.40. The molecule has 4 aromatic rings. The summed E-state index contributed by atoms with van der Waals surface area (Å²) in [6, 6.07) is 10.8. The fourth-order valence-electron chi connectivity index (χ4n) is 7.06. The number of carbonyl (C=O) groups excluding carboxylic acids is 3. The second-order valence-electron chi connectivity index (χ2n) is 13.4. The number of ketones is 1. The van der Waals surface area contributed by atoms with Gasteiger partial charge in [-0.05, 0) is 71.4 Å². The van der Waals surface area contributed by atoms with Crippen molar-refractivity contribution in [1.29, 1.82) is 0 Å². The van der Waals surface area contributed by atoms with Crippen molar-refractivity contribution in [2.24, 2.45) is 0 Å². The van der Waals surface area contributed by atoms with Gasteiger partial charge in [-0.15, -0.1) is 0 Å². The van der Waals surface area contributed by atoms with E-state index in [-0.39, 0.29) is 65.9 Å². The monoisotopic (exact) mass is 791 g/mol. The highest BCUT2D eigenvalue weighted by Crippen LogP contribution is 2.26. The molecule has 2 aliphatic heterocycles. The number of anilines is 1. The number of ether oxygens (including phenoxy) is 1. The fraction of sp³-hybridized carbons (Fsp3) is 0.417. The van der Waals surface area contributed by atoms with Crippen molar-refractivity contribution in [2.75, 3.05) is 44.8 Å². The van der Waals surface area contributed by atoms with E-state index in [4.69, 9.17) is 16.3 Å². The Morgan fingerprint density at radius 3 is 2.54 bits per heavy atom. The molecule has 3 N–H and O–H groups in total. The number of hydrogen-bond acceptors (Lipinski definition) is 10. The summed E-state index contributed by atoms with van der Waals surface area (Å²) in [6.07, 6.45) is 7.53. The zero-order valence-electron chi connectivity index (χ0n) is 28.4. The van der Waals surface area contributed by atoms with Crippen LogP contribution in [-0.2, 0) is 28.9 Å². The van der Waals surface area contributed by atoms with Crippen LogP contribution in [-0.4, -0.2) is 105 Å². The first kappa shape index (κ1) is 36.1. The Bertz CT molecular complexity index is 2010. The minimum absolute atomic E-state index is 0.0477. The lowest BCUT2D eigenvalue weighted by molar-refractivity contribution is -0.122. The van der Waals surface area contributed by atoms with Crippen molar-refractivity contribution >= 4 is 62.0 Å². The number of piperidine rings is 1. The van der Waals surface area contributed by atoms with Gasteiger partial charge < -0.3 is 20.3 Å². The number of fused-ring (bicyclic) bond motifs is 2. The van der Waals surface area contributed by atoms with Gasteiger partial charge in [0.15, 0.2) is 17.3 Å². The zero-order chi connectivity index (χ0) is 36.2. The van der Waals surface area contributed by atoms with Crippen LogP contribution in [0.15, 0.2) is 64.4 Å². The Labute approximate surface area is 313 Å². The van der Waals surface area contributed by atoms with Crippen LogP contribution >= 0.6 is 27.5 Å². The lowest BCUT2D eigenvalue weighted by atomic mass is 9.96. The molecule has 272 valence electrons. The summed E-state index contributed by atoms with van der Waals surface area (Å²) in [7, 11) is 0. The van der Waals surface area contributed by atoms with E-state index in [2.05, 4.69) is 63.9 Å². The highest BCUT2D eigenvalue weighted by atomic mass is 79.9. The highest BCUT2D eigenvalue weighted by Gasteiger charge is 2.30. The van der Waals surface area contributed by atoms with Crippen molar-refractivity contribution in [3.63, 3.8) is 0 Å². The number of nitrogens with one attached hydrogen (secondary N) is 3. The number of carbonyl (C=O) groups is 3. The van der Waals surface area contributed by atoms with Gasteiger partial charge in [0, 0.05) is 61.5 Å². The second-order valence-corrected chi connectivity index (χ2v) is 14.6. The van der Waals surface area contributed by atoms with Crippen LogP contribution in [0.25, 0.3) is 10.9 Å². The number of rotatable bonds is 10. The Morgan fingerprint density at radius 1 is 1.02 bits per heavy atom. The Kier molecular flexibility index (Phi) is 11.2. The summed E-state index contributed by atoms with van der Waals surface area (Å²) in [5.41, 5.74) is 2.70. The molecule has 0 spiro atoms. The van der Waals surface area contributed by atoms with Gasteiger partial charge in [0.1, 0.15) is 0 Å². The van der Waals surface area contributed by atoms with Crippen molar-refractivity contribution < 1.29 is 19.1 Å². The highest BCUT2D eigenvalue weighted by molar-refractivity contribution is 9.10. The molecule has 2 aromatic heterocycles. The summed E-state index contributed by atoms with van der Waals surface area (Å²) < 4.78 is 8.29. The normalized spacial score (nSPS) is 19.4. The van der Waals surface area contributed by atoms with E-state index in [0.29, 0.717) is 53.3 Å². The van der Waals surface area contributed by atoms with Crippen LogP contribution < -0.4 is 21.5 Å². The van der Waals surface area contributed by atoms with Crippen LogP contribution in [0.2, 0.25) is 5.02 Å². The third-order valence-electron chi connectivity index (χ3n) is 9.84. The fourth-order valence-corrected chi connectivity index (χ4v) is 7.56. The Morgan fingerprint density at radius 2 is 1.77 bits per heavy atom. The summed E-state index contributed by atoms with van der Waals surface area (Å²) in [5.74, 6) is -0.359. The molecule has 3 aliphatic rings. The van der Waals surface area contributed by atoms with E-state index in [1.807, 2.05) is 12.1 Å². The molecule has 2 aromatic carbocycles. The second kappa shape index (κ2) is 16.2. The van der Waals surface area contributed by atoms with Gasteiger partial charge in [0.25, 0.3) is 11.5 Å². The van der Waals surface area contributed by atoms with E-state index in [1.54, 1.807) is 17.0 Å². The molecular weight excluding hydrogens is 754 g/mol. The average molecular weight is 793 g/mol. The number of nitrogens with zero attached hydrogens (tertiary/aromatic N) is 6. The molecule has 7 rings (SSSR count). The van der Waals surface area contributed by atoms with E-state index in [9.17, 15) is 19.2 Å². The molecule has 14 nitrogen and oxygen atoms in total. The first-order valence-corrected chi connectivity index (χ1v) is 18.6. The molecule has 0 bridgehead atoms. The van der Waals surface area contributed by atoms with E-state index in [0.717, 1.165) is 32.2 Å². The maximum absolute atomic E-state index is 13.2. The van der Waals surface area contributed by atoms with Gasteiger partial charge in [0.2, 0.25) is 0 Å². The zero-order valence-corrected chi connectivity index (χ0v) is 30.7. The summed E-state index contributed by atoms with van der Waals surface area (Å²) in [4.78, 5) is 69.2. The first-order chi connectivity index (χ1) is 25.2. The van der Waals surface area contributed by atoms with Crippen LogP contribution in [0.4, 0.5) is 10.6 Å². The molecule has 3 amide bonds. The van der Waals surface area contributed by atoms with Gasteiger partial charge in [0.05, 0.1) is 41.6 Å². The van der Waals surface area contributed by atoms with E-state index >= 15 is 0 Å². The molecule has 0 saturated carbocycles. The maximum Gasteiger partial charge on any atom is 0.323 e. The summed E-state index contributed by atoms with van der Waals surface area (Å²) in [6.45, 7) is 3.13. The molecule has 1 aliphatic carbocycles. The number of urea groups is 1. The molecule has 4 heterocycles. The minimum Gasteiger partial charge on any atom is -0.361 e. The summed E-state index contributed by atoms with van der Waals surface area (Å²) >= 11 is 9.54. The van der Waals surface area contributed by atoms with Gasteiger partial charge >= 0.3 is 6.03 Å². The Hall–Kier alpha value is -4.28. The van der Waals surface area contributed by atoms with Gasteiger partial charge in [-0.25, -0.2) is 19.7 Å². The van der Waals surface area contributed by atoms with Gasteiger partial charge in [-0.2, -0.15) is 0 Å². The molecule has 52 heavy (non-hydrogen) atoms. The molecule has 2 saturated heterocycles. The topological polar surface area (TPSA) is 164 Å². The third-order valence-corrected chi connectivity index (χ3v) is 11.0. The van der Waals surface area contributed by atoms with Gasteiger partial charge in [-0.3, -0.25) is 29.2 Å². The quantitative estimate of drug-likeness (QED) is 0.217. The van der Waals surface area contributed by atoms with Crippen LogP contribution in [0.1, 0.15) is 40.9 Å². The molecule has 16 heteroatoms. The van der Waals surface area contributed by atoms with Gasteiger partial charge in [-0.1, -0.05) is 35.9 Å².